The van der Waals surface area contributed by atoms with Crippen molar-refractivity contribution < 1.29 is 14.3 Å². The molecule has 5 nitrogen and oxygen atoms in total. The summed E-state index contributed by atoms with van der Waals surface area (Å²) in [5, 5.41) is 3.18. The number of fused-ring (bicyclic) bond motifs is 1. The molecule has 0 radical (unpaired) electrons. The van der Waals surface area contributed by atoms with Crippen LogP contribution in [0.15, 0.2) is 18.2 Å². The van der Waals surface area contributed by atoms with E-state index in [2.05, 4.69) is 5.32 Å². The lowest BCUT2D eigenvalue weighted by atomic mass is 10.0. The van der Waals surface area contributed by atoms with Crippen molar-refractivity contribution in [1.82, 2.24) is 10.2 Å². The normalized spacial score (nSPS) is 21.1. The molecule has 1 N–H and O–H groups in total. The number of carbonyl (C=O) groups excluding carboxylic acids is 1. The summed E-state index contributed by atoms with van der Waals surface area (Å²) in [5.41, 5.74) is 0.678. The Bertz CT molecular complexity index is 502. The van der Waals surface area contributed by atoms with Gasteiger partial charge in [-0.05, 0) is 44.5 Å². The zero-order chi connectivity index (χ0) is 13.9. The monoisotopic (exact) mass is 276 g/mol. The summed E-state index contributed by atoms with van der Waals surface area (Å²) in [6.45, 7) is 1.91. The van der Waals surface area contributed by atoms with Gasteiger partial charge in [0.2, 0.25) is 6.79 Å². The first kappa shape index (κ1) is 13.2. The van der Waals surface area contributed by atoms with Gasteiger partial charge >= 0.3 is 0 Å². The largest absolute Gasteiger partial charge is 0.454 e. The number of nitrogens with zero attached hydrogens (tertiary/aromatic N) is 1. The van der Waals surface area contributed by atoms with E-state index in [1.54, 1.807) is 6.07 Å². The Kier molecular flexibility index (Phi) is 3.78. The molecule has 2 heterocycles. The molecule has 1 atom stereocenters. The highest BCUT2D eigenvalue weighted by atomic mass is 16.7. The molecule has 1 fully saturated rings. The number of ether oxygens (including phenoxy) is 2. The third-order valence-electron chi connectivity index (χ3n) is 3.95. The number of benzene rings is 1. The summed E-state index contributed by atoms with van der Waals surface area (Å²) in [6, 6.07) is 5.70. The van der Waals surface area contributed by atoms with Crippen molar-refractivity contribution in [2.75, 3.05) is 26.9 Å². The summed E-state index contributed by atoms with van der Waals surface area (Å²) in [7, 11) is 1.93. The minimum absolute atomic E-state index is 0.0863. The van der Waals surface area contributed by atoms with Crippen LogP contribution in [0.2, 0.25) is 0 Å². The quantitative estimate of drug-likeness (QED) is 0.911. The van der Waals surface area contributed by atoms with Gasteiger partial charge in [0.1, 0.15) is 0 Å². The second kappa shape index (κ2) is 5.71. The van der Waals surface area contributed by atoms with E-state index in [1.165, 1.54) is 6.42 Å². The second-order valence-electron chi connectivity index (χ2n) is 5.27. The highest BCUT2D eigenvalue weighted by Gasteiger charge is 2.28. The predicted octanol–water partition coefficient (Wildman–Crippen LogP) is 1.63. The van der Waals surface area contributed by atoms with Gasteiger partial charge in [0.15, 0.2) is 11.5 Å². The first-order valence-corrected chi connectivity index (χ1v) is 7.15. The van der Waals surface area contributed by atoms with E-state index in [4.69, 9.17) is 9.47 Å². The number of rotatable bonds is 3. The van der Waals surface area contributed by atoms with E-state index in [-0.39, 0.29) is 18.7 Å². The van der Waals surface area contributed by atoms with Gasteiger partial charge in [-0.3, -0.25) is 4.79 Å². The Balaban J connectivity index is 1.80. The lowest BCUT2D eigenvalue weighted by molar-refractivity contribution is 0.0614. The van der Waals surface area contributed by atoms with Crippen molar-refractivity contribution in [2.45, 2.75) is 25.3 Å². The van der Waals surface area contributed by atoms with Crippen LogP contribution in [0.5, 0.6) is 11.5 Å². The number of likely N-dealkylation sites (tertiary alicyclic amines) is 1. The van der Waals surface area contributed by atoms with Crippen LogP contribution >= 0.6 is 0 Å². The van der Waals surface area contributed by atoms with Crippen LogP contribution < -0.4 is 14.8 Å². The number of piperidine rings is 1. The third kappa shape index (κ3) is 2.45. The van der Waals surface area contributed by atoms with Crippen molar-refractivity contribution in [2.24, 2.45) is 0 Å². The van der Waals surface area contributed by atoms with E-state index in [1.807, 2.05) is 24.1 Å². The molecule has 20 heavy (non-hydrogen) atoms. The minimum Gasteiger partial charge on any atom is -0.454 e. The van der Waals surface area contributed by atoms with E-state index in [0.717, 1.165) is 25.9 Å². The standard InChI is InChI=1S/C15H20N2O3/c1-16-9-12-4-2-3-7-17(12)15(18)11-5-6-13-14(8-11)20-10-19-13/h5-6,8,12,16H,2-4,7,9-10H2,1H3. The molecule has 1 unspecified atom stereocenters. The molecule has 2 aliphatic rings. The maximum atomic E-state index is 12.7. The van der Waals surface area contributed by atoms with Crippen molar-refractivity contribution >= 4 is 5.91 Å². The van der Waals surface area contributed by atoms with Crippen LogP contribution in [0.25, 0.3) is 0 Å². The van der Waals surface area contributed by atoms with Gasteiger partial charge in [0.25, 0.3) is 5.91 Å². The molecular weight excluding hydrogens is 256 g/mol. The van der Waals surface area contributed by atoms with Crippen molar-refractivity contribution in [3.63, 3.8) is 0 Å². The molecule has 0 saturated carbocycles. The lowest BCUT2D eigenvalue weighted by Gasteiger charge is -2.35. The first-order valence-electron chi connectivity index (χ1n) is 7.15. The van der Waals surface area contributed by atoms with Gasteiger partial charge in [0, 0.05) is 24.7 Å². The highest BCUT2D eigenvalue weighted by molar-refractivity contribution is 5.95. The number of hydrogen-bond donors (Lipinski definition) is 1. The Morgan fingerprint density at radius 1 is 1.35 bits per heavy atom. The van der Waals surface area contributed by atoms with Gasteiger partial charge in [-0.2, -0.15) is 0 Å². The molecular formula is C15H20N2O3. The number of hydrogen-bond acceptors (Lipinski definition) is 4. The fourth-order valence-corrected chi connectivity index (χ4v) is 2.91. The average molecular weight is 276 g/mol. The van der Waals surface area contributed by atoms with Crippen LogP contribution in [0, 0.1) is 0 Å². The van der Waals surface area contributed by atoms with E-state index < -0.39 is 0 Å². The molecule has 2 aliphatic heterocycles. The Morgan fingerprint density at radius 3 is 3.05 bits per heavy atom. The summed E-state index contributed by atoms with van der Waals surface area (Å²) >= 11 is 0. The number of likely N-dealkylation sites (N-methyl/N-ethyl adjacent to an activating group) is 1. The average Bonchev–Trinajstić information content (AvgIpc) is 2.95. The lowest BCUT2D eigenvalue weighted by Crippen LogP contribution is -2.48. The van der Waals surface area contributed by atoms with Crippen molar-refractivity contribution in [3.05, 3.63) is 23.8 Å². The molecule has 0 aliphatic carbocycles. The fraction of sp³-hybridized carbons (Fsp3) is 0.533. The van der Waals surface area contributed by atoms with E-state index in [9.17, 15) is 4.79 Å². The SMILES string of the molecule is CNCC1CCCCN1C(=O)c1ccc2c(c1)OCO2. The smallest absolute Gasteiger partial charge is 0.254 e. The highest BCUT2D eigenvalue weighted by Crippen LogP contribution is 2.33. The maximum Gasteiger partial charge on any atom is 0.254 e. The predicted molar refractivity (Wildman–Crippen MR) is 75.2 cm³/mol. The zero-order valence-electron chi connectivity index (χ0n) is 11.7. The van der Waals surface area contributed by atoms with Gasteiger partial charge < -0.3 is 19.7 Å². The molecule has 1 amide bonds. The van der Waals surface area contributed by atoms with Crippen LogP contribution in [-0.2, 0) is 0 Å². The van der Waals surface area contributed by atoms with Gasteiger partial charge in [-0.15, -0.1) is 0 Å². The first-order chi connectivity index (χ1) is 9.79. The fourth-order valence-electron chi connectivity index (χ4n) is 2.91. The van der Waals surface area contributed by atoms with Gasteiger partial charge in [-0.1, -0.05) is 0 Å². The van der Waals surface area contributed by atoms with Crippen LogP contribution in [0.1, 0.15) is 29.6 Å². The van der Waals surface area contributed by atoms with E-state index in [0.29, 0.717) is 17.1 Å². The van der Waals surface area contributed by atoms with Crippen LogP contribution in [0.4, 0.5) is 0 Å². The molecule has 1 saturated heterocycles. The minimum atomic E-state index is 0.0863. The van der Waals surface area contributed by atoms with Crippen LogP contribution in [-0.4, -0.2) is 43.8 Å². The summed E-state index contributed by atoms with van der Waals surface area (Å²) in [5.74, 6) is 1.47. The summed E-state index contributed by atoms with van der Waals surface area (Å²) in [6.07, 6.45) is 3.34. The molecule has 0 spiro atoms. The van der Waals surface area contributed by atoms with Crippen LogP contribution in [0.3, 0.4) is 0 Å². The Labute approximate surface area is 118 Å². The van der Waals surface area contributed by atoms with Gasteiger partial charge in [-0.25, -0.2) is 0 Å². The summed E-state index contributed by atoms with van der Waals surface area (Å²) < 4.78 is 10.6. The molecule has 1 aromatic rings. The van der Waals surface area contributed by atoms with E-state index >= 15 is 0 Å². The second-order valence-corrected chi connectivity index (χ2v) is 5.27. The Hall–Kier alpha value is -1.75. The molecule has 3 rings (SSSR count). The molecule has 1 aromatic carbocycles. The number of nitrogens with one attached hydrogen (secondary N) is 1. The molecule has 0 aromatic heterocycles. The number of amides is 1. The van der Waals surface area contributed by atoms with Crippen molar-refractivity contribution in [1.29, 1.82) is 0 Å². The molecule has 108 valence electrons. The van der Waals surface area contributed by atoms with Gasteiger partial charge in [0.05, 0.1) is 0 Å². The number of carbonyl (C=O) groups is 1. The van der Waals surface area contributed by atoms with Crippen molar-refractivity contribution in [3.8, 4) is 11.5 Å². The molecule has 5 heteroatoms. The third-order valence-corrected chi connectivity index (χ3v) is 3.95. The molecule has 0 bridgehead atoms. The topological polar surface area (TPSA) is 50.8 Å². The summed E-state index contributed by atoms with van der Waals surface area (Å²) in [4.78, 5) is 14.7. The Morgan fingerprint density at radius 2 is 2.20 bits per heavy atom. The maximum absolute atomic E-state index is 12.7. The zero-order valence-corrected chi connectivity index (χ0v) is 11.7.